The highest BCUT2D eigenvalue weighted by atomic mass is 16.5. The molecule has 6 heteroatoms. The average Bonchev–Trinajstić information content (AvgIpc) is 2.92. The lowest BCUT2D eigenvalue weighted by molar-refractivity contribution is 0.301. The van der Waals surface area contributed by atoms with Crippen molar-refractivity contribution in [2.24, 2.45) is 7.05 Å². The molecule has 1 fully saturated rings. The number of aromatic nitrogens is 3. The third kappa shape index (κ3) is 3.33. The highest BCUT2D eigenvalue weighted by molar-refractivity contribution is 5.60. The first-order valence-electron chi connectivity index (χ1n) is 7.27. The van der Waals surface area contributed by atoms with Gasteiger partial charge in [-0.05, 0) is 24.6 Å². The van der Waals surface area contributed by atoms with Gasteiger partial charge in [-0.15, -0.1) is 5.10 Å². The molecule has 0 saturated carbocycles. The highest BCUT2D eigenvalue weighted by Gasteiger charge is 2.15. The Balaban J connectivity index is 1.77. The van der Waals surface area contributed by atoms with Crippen molar-refractivity contribution in [3.63, 3.8) is 0 Å². The van der Waals surface area contributed by atoms with E-state index in [1.807, 2.05) is 19.3 Å². The zero-order valence-electron chi connectivity index (χ0n) is 12.5. The van der Waals surface area contributed by atoms with Gasteiger partial charge in [0.05, 0.1) is 11.9 Å². The fraction of sp³-hybridized carbons (Fsp3) is 0.467. The van der Waals surface area contributed by atoms with E-state index in [0.29, 0.717) is 6.61 Å². The fourth-order valence-electron chi connectivity index (χ4n) is 2.52. The largest absolute Gasteiger partial charge is 0.485 e. The Morgan fingerprint density at radius 1 is 1.29 bits per heavy atom. The number of ether oxygens (including phenoxy) is 1. The van der Waals surface area contributed by atoms with E-state index in [-0.39, 0.29) is 0 Å². The molecule has 0 radical (unpaired) electrons. The molecule has 0 unspecified atom stereocenters. The topological polar surface area (TPSA) is 55.2 Å². The van der Waals surface area contributed by atoms with Crippen LogP contribution in [0.15, 0.2) is 24.4 Å². The minimum atomic E-state index is 0.440. The molecule has 1 aliphatic rings. The van der Waals surface area contributed by atoms with Crippen LogP contribution in [0.4, 0.5) is 5.69 Å². The summed E-state index contributed by atoms with van der Waals surface area (Å²) in [5.41, 5.74) is 3.25. The minimum Gasteiger partial charge on any atom is -0.485 e. The molecule has 112 valence electrons. The number of hydrogen-bond donors (Lipinski definition) is 1. The molecule has 0 aliphatic carbocycles. The van der Waals surface area contributed by atoms with Crippen molar-refractivity contribution in [1.82, 2.24) is 20.3 Å². The van der Waals surface area contributed by atoms with Crippen LogP contribution in [0.25, 0.3) is 0 Å². The molecule has 0 atom stereocenters. The molecule has 0 spiro atoms. The van der Waals surface area contributed by atoms with Crippen molar-refractivity contribution >= 4 is 5.69 Å². The van der Waals surface area contributed by atoms with Crippen molar-refractivity contribution in [3.05, 3.63) is 35.7 Å². The van der Waals surface area contributed by atoms with E-state index in [9.17, 15) is 0 Å². The van der Waals surface area contributed by atoms with Crippen LogP contribution in [-0.4, -0.2) is 41.2 Å². The molecule has 3 rings (SSSR count). The average molecular weight is 287 g/mol. The monoisotopic (exact) mass is 287 g/mol. The lowest BCUT2D eigenvalue weighted by Gasteiger charge is -2.31. The number of piperazine rings is 1. The Bertz CT molecular complexity index is 604. The summed E-state index contributed by atoms with van der Waals surface area (Å²) in [6.07, 6.45) is 1.87. The Labute approximate surface area is 124 Å². The smallest absolute Gasteiger partial charge is 0.143 e. The molecule has 2 heterocycles. The summed E-state index contributed by atoms with van der Waals surface area (Å²) < 4.78 is 7.65. The van der Waals surface area contributed by atoms with Crippen LogP contribution in [0.3, 0.4) is 0 Å². The van der Waals surface area contributed by atoms with Crippen LogP contribution in [0.1, 0.15) is 11.3 Å². The SMILES string of the molecule is Cc1ccc(OCc2cn(C)nn2)c(N2CCNCC2)c1. The first-order valence-corrected chi connectivity index (χ1v) is 7.27. The first-order chi connectivity index (χ1) is 10.2. The predicted molar refractivity (Wildman–Crippen MR) is 81.6 cm³/mol. The van der Waals surface area contributed by atoms with E-state index in [1.54, 1.807) is 4.68 Å². The normalized spacial score (nSPS) is 15.2. The second kappa shape index (κ2) is 6.13. The summed E-state index contributed by atoms with van der Waals surface area (Å²) in [4.78, 5) is 2.37. The second-order valence-electron chi connectivity index (χ2n) is 5.38. The van der Waals surface area contributed by atoms with Gasteiger partial charge in [-0.2, -0.15) is 0 Å². The van der Waals surface area contributed by atoms with Gasteiger partial charge < -0.3 is 15.0 Å². The van der Waals surface area contributed by atoms with Gasteiger partial charge in [0.25, 0.3) is 0 Å². The van der Waals surface area contributed by atoms with Gasteiger partial charge in [0.1, 0.15) is 18.1 Å². The van der Waals surface area contributed by atoms with Crippen LogP contribution >= 0.6 is 0 Å². The molecule has 0 amide bonds. The maximum Gasteiger partial charge on any atom is 0.143 e. The molecular weight excluding hydrogens is 266 g/mol. The van der Waals surface area contributed by atoms with E-state index in [4.69, 9.17) is 4.74 Å². The number of rotatable bonds is 4. The van der Waals surface area contributed by atoms with Crippen molar-refractivity contribution in [2.75, 3.05) is 31.1 Å². The van der Waals surface area contributed by atoms with Gasteiger partial charge in [0.15, 0.2) is 0 Å². The standard InChI is InChI=1S/C15H21N5O/c1-12-3-4-15(21-11-13-10-19(2)18-17-13)14(9-12)20-7-5-16-6-8-20/h3-4,9-10,16H,5-8,11H2,1-2H3. The molecule has 1 N–H and O–H groups in total. The van der Waals surface area contributed by atoms with Crippen LogP contribution in [-0.2, 0) is 13.7 Å². The molecule has 1 aliphatic heterocycles. The van der Waals surface area contributed by atoms with Crippen molar-refractivity contribution in [2.45, 2.75) is 13.5 Å². The van der Waals surface area contributed by atoms with Crippen molar-refractivity contribution < 1.29 is 4.74 Å². The van der Waals surface area contributed by atoms with E-state index in [1.165, 1.54) is 11.3 Å². The van der Waals surface area contributed by atoms with Gasteiger partial charge in [-0.3, -0.25) is 4.68 Å². The molecule has 1 aromatic carbocycles. The number of nitrogens with zero attached hydrogens (tertiary/aromatic N) is 4. The molecule has 1 saturated heterocycles. The minimum absolute atomic E-state index is 0.440. The Kier molecular flexibility index (Phi) is 4.06. The lowest BCUT2D eigenvalue weighted by atomic mass is 10.1. The Morgan fingerprint density at radius 2 is 2.10 bits per heavy atom. The number of hydrogen-bond acceptors (Lipinski definition) is 5. The number of benzene rings is 1. The number of aryl methyl sites for hydroxylation is 2. The predicted octanol–water partition coefficient (Wildman–Crippen LogP) is 1.11. The van der Waals surface area contributed by atoms with E-state index in [0.717, 1.165) is 37.6 Å². The zero-order valence-corrected chi connectivity index (χ0v) is 12.5. The Hall–Kier alpha value is -2.08. The number of anilines is 1. The van der Waals surface area contributed by atoms with Crippen molar-refractivity contribution in [1.29, 1.82) is 0 Å². The van der Waals surface area contributed by atoms with Gasteiger partial charge in [-0.1, -0.05) is 11.3 Å². The molecule has 1 aromatic heterocycles. The third-order valence-corrected chi connectivity index (χ3v) is 3.60. The summed E-state index contributed by atoms with van der Waals surface area (Å²) in [6.45, 7) is 6.58. The van der Waals surface area contributed by atoms with Gasteiger partial charge in [-0.25, -0.2) is 0 Å². The number of nitrogens with one attached hydrogen (secondary N) is 1. The maximum atomic E-state index is 5.97. The van der Waals surface area contributed by atoms with Crippen LogP contribution in [0.2, 0.25) is 0 Å². The lowest BCUT2D eigenvalue weighted by Crippen LogP contribution is -2.43. The molecule has 2 aromatic rings. The van der Waals surface area contributed by atoms with Crippen molar-refractivity contribution in [3.8, 4) is 5.75 Å². The third-order valence-electron chi connectivity index (χ3n) is 3.60. The molecule has 21 heavy (non-hydrogen) atoms. The highest BCUT2D eigenvalue weighted by Crippen LogP contribution is 2.30. The summed E-state index contributed by atoms with van der Waals surface area (Å²) in [5, 5.41) is 11.4. The molecular formula is C15H21N5O. The first kappa shape index (κ1) is 13.9. The van der Waals surface area contributed by atoms with Gasteiger partial charge in [0, 0.05) is 33.2 Å². The summed E-state index contributed by atoms with van der Waals surface area (Å²) in [7, 11) is 1.86. The second-order valence-corrected chi connectivity index (χ2v) is 5.38. The molecule has 0 bridgehead atoms. The summed E-state index contributed by atoms with van der Waals surface area (Å²) >= 11 is 0. The van der Waals surface area contributed by atoms with Gasteiger partial charge >= 0.3 is 0 Å². The summed E-state index contributed by atoms with van der Waals surface area (Å²) in [5.74, 6) is 0.910. The van der Waals surface area contributed by atoms with E-state index in [2.05, 4.69) is 39.6 Å². The zero-order chi connectivity index (χ0) is 14.7. The maximum absolute atomic E-state index is 5.97. The molecule has 6 nitrogen and oxygen atoms in total. The fourth-order valence-corrected chi connectivity index (χ4v) is 2.52. The quantitative estimate of drug-likeness (QED) is 0.913. The van der Waals surface area contributed by atoms with E-state index < -0.39 is 0 Å². The Morgan fingerprint density at radius 3 is 2.81 bits per heavy atom. The summed E-state index contributed by atoms with van der Waals surface area (Å²) in [6, 6.07) is 6.32. The van der Waals surface area contributed by atoms with Crippen LogP contribution in [0.5, 0.6) is 5.75 Å². The van der Waals surface area contributed by atoms with E-state index >= 15 is 0 Å². The van der Waals surface area contributed by atoms with Crippen LogP contribution in [0, 0.1) is 6.92 Å². The van der Waals surface area contributed by atoms with Crippen LogP contribution < -0.4 is 15.0 Å². The van der Waals surface area contributed by atoms with Gasteiger partial charge in [0.2, 0.25) is 0 Å².